The number of carbonyl (C=O) groups excluding carboxylic acids is 1. The van der Waals surface area contributed by atoms with Crippen molar-refractivity contribution in [3.63, 3.8) is 0 Å². The van der Waals surface area contributed by atoms with Crippen molar-refractivity contribution in [2.75, 3.05) is 5.32 Å². The summed E-state index contributed by atoms with van der Waals surface area (Å²) in [6.07, 6.45) is 0. The van der Waals surface area contributed by atoms with Crippen LogP contribution < -0.4 is 5.32 Å². The molecule has 1 rings (SSSR count). The Bertz CT molecular complexity index is 357. The Hall–Kier alpha value is -0.650. The number of hydrogen-bond donors (Lipinski definition) is 2. The summed E-state index contributed by atoms with van der Waals surface area (Å²) >= 11 is 6.97. The first-order valence-corrected chi connectivity index (χ1v) is 5.17. The molecule has 0 spiro atoms. The van der Waals surface area contributed by atoms with E-state index in [0.29, 0.717) is 10.0 Å². The van der Waals surface area contributed by atoms with E-state index in [0.717, 1.165) is 0 Å². The Morgan fingerprint density at radius 3 is 2.57 bits per heavy atom. The van der Waals surface area contributed by atoms with Gasteiger partial charge in [0.1, 0.15) is 5.15 Å². The van der Waals surface area contributed by atoms with E-state index in [4.69, 9.17) is 11.6 Å². The molecule has 0 saturated carbocycles. The Morgan fingerprint density at radius 2 is 2.21 bits per heavy atom. The van der Waals surface area contributed by atoms with Gasteiger partial charge in [0.2, 0.25) is 5.91 Å². The number of amides is 1. The Labute approximate surface area is 90.9 Å². The summed E-state index contributed by atoms with van der Waals surface area (Å²) in [6.45, 7) is 4.62. The third kappa shape index (κ3) is 2.67. The molecule has 1 aromatic heterocycles. The second-order valence-electron chi connectivity index (χ2n) is 3.38. The normalized spacial score (nSPS) is 11.5. The van der Waals surface area contributed by atoms with Crippen LogP contribution in [0.25, 0.3) is 0 Å². The van der Waals surface area contributed by atoms with Crippen LogP contribution in [0.15, 0.2) is 0 Å². The van der Waals surface area contributed by atoms with Crippen LogP contribution in [0.2, 0.25) is 5.15 Å². The first-order valence-electron chi connectivity index (χ1n) is 3.97. The van der Waals surface area contributed by atoms with Crippen molar-refractivity contribution < 1.29 is 9.90 Å². The number of aliphatic hydroxyl groups is 1. The number of nitrogens with one attached hydrogen (secondary N) is 1. The van der Waals surface area contributed by atoms with E-state index in [9.17, 15) is 9.90 Å². The molecule has 0 atom stereocenters. The van der Waals surface area contributed by atoms with E-state index >= 15 is 0 Å². The third-order valence-corrected chi connectivity index (χ3v) is 3.09. The van der Waals surface area contributed by atoms with Crippen molar-refractivity contribution in [2.24, 2.45) is 0 Å². The number of carbonyl (C=O) groups is 1. The van der Waals surface area contributed by atoms with Crippen LogP contribution in [-0.2, 0) is 10.4 Å². The van der Waals surface area contributed by atoms with Gasteiger partial charge in [-0.1, -0.05) is 22.9 Å². The van der Waals surface area contributed by atoms with Crippen molar-refractivity contribution in [3.8, 4) is 0 Å². The predicted octanol–water partition coefficient (Wildman–Crippen LogP) is 1.98. The van der Waals surface area contributed by atoms with E-state index < -0.39 is 5.60 Å². The van der Waals surface area contributed by atoms with Gasteiger partial charge >= 0.3 is 0 Å². The number of nitrogens with zero attached hydrogens (tertiary/aromatic N) is 1. The fourth-order valence-electron chi connectivity index (χ4n) is 0.883. The second-order valence-corrected chi connectivity index (χ2v) is 4.74. The minimum absolute atomic E-state index is 0.210. The molecule has 0 unspecified atom stereocenters. The monoisotopic (exact) mass is 234 g/mol. The van der Waals surface area contributed by atoms with Crippen molar-refractivity contribution in [1.82, 2.24) is 4.98 Å². The van der Waals surface area contributed by atoms with Crippen molar-refractivity contribution in [2.45, 2.75) is 26.4 Å². The highest BCUT2D eigenvalue weighted by molar-refractivity contribution is 7.16. The van der Waals surface area contributed by atoms with Gasteiger partial charge in [0.15, 0.2) is 5.13 Å². The summed E-state index contributed by atoms with van der Waals surface area (Å²) < 4.78 is 0. The van der Waals surface area contributed by atoms with Gasteiger partial charge in [-0.3, -0.25) is 4.79 Å². The number of thiazole rings is 1. The molecule has 0 aliphatic rings. The molecule has 0 radical (unpaired) electrons. The largest absolute Gasteiger partial charge is 0.385 e. The lowest BCUT2D eigenvalue weighted by Crippen LogP contribution is -2.13. The Balaban J connectivity index is 2.99. The molecule has 2 N–H and O–H groups in total. The van der Waals surface area contributed by atoms with E-state index in [1.807, 2.05) is 0 Å². The van der Waals surface area contributed by atoms with Gasteiger partial charge in [-0.05, 0) is 13.8 Å². The zero-order valence-electron chi connectivity index (χ0n) is 8.09. The van der Waals surface area contributed by atoms with E-state index in [1.165, 1.54) is 18.3 Å². The molecule has 78 valence electrons. The van der Waals surface area contributed by atoms with Crippen LogP contribution in [-0.4, -0.2) is 16.0 Å². The van der Waals surface area contributed by atoms with Gasteiger partial charge in [0, 0.05) is 6.92 Å². The number of aromatic nitrogens is 1. The molecule has 4 nitrogen and oxygen atoms in total. The van der Waals surface area contributed by atoms with Crippen molar-refractivity contribution in [3.05, 3.63) is 10.0 Å². The first kappa shape index (κ1) is 11.4. The fourth-order valence-corrected chi connectivity index (χ4v) is 2.27. The lowest BCUT2D eigenvalue weighted by Gasteiger charge is -2.13. The van der Waals surface area contributed by atoms with Gasteiger partial charge in [-0.15, -0.1) is 0 Å². The van der Waals surface area contributed by atoms with Crippen LogP contribution in [0.1, 0.15) is 25.6 Å². The van der Waals surface area contributed by atoms with Crippen molar-refractivity contribution in [1.29, 1.82) is 0 Å². The first-order chi connectivity index (χ1) is 6.30. The van der Waals surface area contributed by atoms with Gasteiger partial charge < -0.3 is 10.4 Å². The summed E-state index contributed by atoms with van der Waals surface area (Å²) in [7, 11) is 0. The lowest BCUT2D eigenvalue weighted by molar-refractivity contribution is -0.114. The van der Waals surface area contributed by atoms with E-state index in [2.05, 4.69) is 10.3 Å². The summed E-state index contributed by atoms with van der Waals surface area (Å²) in [6, 6.07) is 0. The summed E-state index contributed by atoms with van der Waals surface area (Å²) in [5.41, 5.74) is -1.04. The molecule has 0 aromatic carbocycles. The maximum atomic E-state index is 10.7. The molecule has 0 fully saturated rings. The third-order valence-electron chi connectivity index (χ3n) is 1.42. The molecule has 14 heavy (non-hydrogen) atoms. The highest BCUT2D eigenvalue weighted by atomic mass is 35.5. The minimum atomic E-state index is -1.04. The lowest BCUT2D eigenvalue weighted by atomic mass is 10.1. The smallest absolute Gasteiger partial charge is 0.223 e. The average molecular weight is 235 g/mol. The van der Waals surface area contributed by atoms with Crippen LogP contribution in [0.4, 0.5) is 5.13 Å². The predicted molar refractivity (Wildman–Crippen MR) is 56.7 cm³/mol. The molecule has 6 heteroatoms. The SMILES string of the molecule is CC(=O)Nc1nc(Cl)c(C(C)(C)O)s1. The summed E-state index contributed by atoms with van der Waals surface area (Å²) in [5.74, 6) is -0.210. The van der Waals surface area contributed by atoms with Crippen molar-refractivity contribution >= 4 is 34.0 Å². The van der Waals surface area contributed by atoms with Gasteiger partial charge in [0.05, 0.1) is 10.5 Å². The molecule has 0 saturated heterocycles. The molecule has 1 heterocycles. The number of halogens is 1. The average Bonchev–Trinajstić information content (AvgIpc) is 2.27. The zero-order valence-corrected chi connectivity index (χ0v) is 9.66. The second kappa shape index (κ2) is 3.84. The maximum absolute atomic E-state index is 10.7. The van der Waals surface area contributed by atoms with Crippen LogP contribution in [0.5, 0.6) is 0 Å². The highest BCUT2D eigenvalue weighted by Crippen LogP contribution is 2.35. The van der Waals surface area contributed by atoms with E-state index in [1.54, 1.807) is 13.8 Å². The topological polar surface area (TPSA) is 62.2 Å². The summed E-state index contributed by atoms with van der Waals surface area (Å²) in [5, 5.41) is 12.8. The molecule has 1 aromatic rings. The molecule has 0 aliphatic carbocycles. The Morgan fingerprint density at radius 1 is 1.64 bits per heavy atom. The molecular weight excluding hydrogens is 224 g/mol. The van der Waals surface area contributed by atoms with Gasteiger partial charge in [-0.25, -0.2) is 4.98 Å². The maximum Gasteiger partial charge on any atom is 0.223 e. The standard InChI is InChI=1S/C8H11ClN2O2S/c1-4(12)10-7-11-6(9)5(14-7)8(2,3)13/h13H,1-3H3,(H,10,11,12). The van der Waals surface area contributed by atoms with E-state index in [-0.39, 0.29) is 11.1 Å². The Kier molecular flexibility index (Phi) is 3.14. The number of anilines is 1. The minimum Gasteiger partial charge on any atom is -0.385 e. The molecule has 0 aliphatic heterocycles. The molecule has 0 bridgehead atoms. The van der Waals surface area contributed by atoms with Gasteiger partial charge in [0.25, 0.3) is 0 Å². The van der Waals surface area contributed by atoms with Crippen LogP contribution in [0.3, 0.4) is 0 Å². The molecule has 1 amide bonds. The van der Waals surface area contributed by atoms with Crippen LogP contribution in [0, 0.1) is 0 Å². The van der Waals surface area contributed by atoms with Crippen LogP contribution >= 0.6 is 22.9 Å². The number of rotatable bonds is 2. The van der Waals surface area contributed by atoms with Gasteiger partial charge in [-0.2, -0.15) is 0 Å². The molecular formula is C8H11ClN2O2S. The number of hydrogen-bond acceptors (Lipinski definition) is 4. The highest BCUT2D eigenvalue weighted by Gasteiger charge is 2.24. The quantitative estimate of drug-likeness (QED) is 0.823. The fraction of sp³-hybridized carbons (Fsp3) is 0.500. The summed E-state index contributed by atoms with van der Waals surface area (Å²) in [4.78, 5) is 15.2. The zero-order chi connectivity index (χ0) is 10.9.